The predicted molar refractivity (Wildman–Crippen MR) is 113 cm³/mol. The van der Waals surface area contributed by atoms with E-state index in [0.29, 0.717) is 17.2 Å². The summed E-state index contributed by atoms with van der Waals surface area (Å²) in [5.41, 5.74) is 1.40. The fourth-order valence-corrected chi connectivity index (χ4v) is 6.23. The zero-order valence-corrected chi connectivity index (χ0v) is 16.8. The van der Waals surface area contributed by atoms with E-state index in [-0.39, 0.29) is 41.5 Å². The average Bonchev–Trinajstić information content (AvgIpc) is 3.48. The lowest BCUT2D eigenvalue weighted by atomic mass is 10.1. The smallest absolute Gasteiger partial charge is 0.243 e. The maximum Gasteiger partial charge on any atom is 0.243 e. The van der Waals surface area contributed by atoms with Gasteiger partial charge >= 0.3 is 0 Å². The van der Waals surface area contributed by atoms with Gasteiger partial charge in [-0.15, -0.1) is 0 Å². The summed E-state index contributed by atoms with van der Waals surface area (Å²) in [5, 5.41) is 1.17. The summed E-state index contributed by atoms with van der Waals surface area (Å²) < 4.78 is 25.9. The molecule has 2 aromatic carbocycles. The Morgan fingerprint density at radius 1 is 0.931 bits per heavy atom. The first-order valence-corrected chi connectivity index (χ1v) is 11.8. The van der Waals surface area contributed by atoms with E-state index in [4.69, 9.17) is 0 Å². The van der Waals surface area contributed by atoms with Gasteiger partial charge in [-0.25, -0.2) is 8.42 Å². The molecule has 1 atom stereocenters. The largest absolute Gasteiger partial charge is 0.334 e. The molecule has 6 nitrogen and oxygen atoms in total. The van der Waals surface area contributed by atoms with E-state index in [1.54, 1.807) is 12.1 Å². The zero-order chi connectivity index (χ0) is 20.2. The lowest BCUT2D eigenvalue weighted by molar-refractivity contribution is -0.134. The molecule has 7 heteroatoms. The number of hydrogen-bond acceptors (Lipinski definition) is 4. The maximum atomic E-state index is 13.4. The monoisotopic (exact) mass is 410 g/mol. The Morgan fingerprint density at radius 2 is 1.52 bits per heavy atom. The minimum absolute atomic E-state index is 0.0409. The number of amides is 1. The molecule has 2 fully saturated rings. The van der Waals surface area contributed by atoms with Crippen LogP contribution in [0.2, 0.25) is 0 Å². The second kappa shape index (κ2) is 6.69. The van der Waals surface area contributed by atoms with Crippen LogP contribution < -0.4 is 5.43 Å². The van der Waals surface area contributed by atoms with Gasteiger partial charge in [0, 0.05) is 22.9 Å². The number of carbonyl (C=O) groups excluding carboxylic acids is 1. The van der Waals surface area contributed by atoms with Crippen LogP contribution in [0, 0.1) is 0 Å². The zero-order valence-electron chi connectivity index (χ0n) is 16.0. The van der Waals surface area contributed by atoms with Gasteiger partial charge in [0.1, 0.15) is 6.54 Å². The molecule has 0 radical (unpaired) electrons. The lowest BCUT2D eigenvalue weighted by Crippen LogP contribution is -2.44. The van der Waals surface area contributed by atoms with Crippen LogP contribution in [0.1, 0.15) is 19.3 Å². The fourth-order valence-electron chi connectivity index (χ4n) is 4.52. The molecule has 1 saturated heterocycles. The molecule has 0 spiro atoms. The van der Waals surface area contributed by atoms with Crippen LogP contribution in [0.4, 0.5) is 0 Å². The number of sulfone groups is 1. The number of hydrogen-bond donors (Lipinski definition) is 0. The minimum atomic E-state index is -3.07. The van der Waals surface area contributed by atoms with Crippen molar-refractivity contribution in [3.05, 3.63) is 58.8 Å². The first-order chi connectivity index (χ1) is 13.9. The first kappa shape index (κ1) is 18.4. The highest BCUT2D eigenvalue weighted by Crippen LogP contribution is 2.33. The molecule has 1 aliphatic heterocycles. The van der Waals surface area contributed by atoms with E-state index in [0.717, 1.165) is 23.9 Å². The third kappa shape index (κ3) is 3.23. The highest BCUT2D eigenvalue weighted by molar-refractivity contribution is 7.91. The molecule has 1 saturated carbocycles. The van der Waals surface area contributed by atoms with Crippen molar-refractivity contribution in [3.63, 3.8) is 0 Å². The summed E-state index contributed by atoms with van der Waals surface area (Å²) in [5.74, 6) is 0.132. The van der Waals surface area contributed by atoms with Crippen LogP contribution >= 0.6 is 0 Å². The molecular formula is C22H22N2O4S. The van der Waals surface area contributed by atoms with Crippen LogP contribution in [-0.4, -0.2) is 47.4 Å². The van der Waals surface area contributed by atoms with E-state index >= 15 is 0 Å². The van der Waals surface area contributed by atoms with Crippen molar-refractivity contribution in [3.8, 4) is 0 Å². The van der Waals surface area contributed by atoms with Crippen LogP contribution in [0.5, 0.6) is 0 Å². The number of para-hydroxylation sites is 2. The van der Waals surface area contributed by atoms with Crippen LogP contribution in [-0.2, 0) is 21.2 Å². The standard InChI is InChI=1S/C22H22N2O4S/c25-21(24(15-9-10-15)16-11-12-29(27,28)14-16)13-23-19-7-3-1-5-17(19)22(26)18-6-2-4-8-20(18)23/h1-8,15-16H,9-14H2. The highest BCUT2D eigenvalue weighted by atomic mass is 32.2. The summed E-state index contributed by atoms with van der Waals surface area (Å²) >= 11 is 0. The molecular weight excluding hydrogens is 388 g/mol. The summed E-state index contributed by atoms with van der Waals surface area (Å²) in [4.78, 5) is 28.1. The van der Waals surface area contributed by atoms with Crippen molar-refractivity contribution in [2.24, 2.45) is 0 Å². The van der Waals surface area contributed by atoms with Gasteiger partial charge in [0.05, 0.1) is 22.5 Å². The average molecular weight is 410 g/mol. The molecule has 2 aliphatic rings. The van der Waals surface area contributed by atoms with Gasteiger partial charge in [0.2, 0.25) is 5.91 Å². The van der Waals surface area contributed by atoms with Crippen molar-refractivity contribution < 1.29 is 13.2 Å². The Bertz CT molecular complexity index is 1230. The second-order valence-corrected chi connectivity index (χ2v) is 10.3. The number of nitrogens with zero attached hydrogens (tertiary/aromatic N) is 2. The third-order valence-corrected chi connectivity index (χ3v) is 7.75. The minimum Gasteiger partial charge on any atom is -0.334 e. The first-order valence-electron chi connectivity index (χ1n) is 9.96. The number of benzene rings is 2. The third-order valence-electron chi connectivity index (χ3n) is 6.00. The van der Waals surface area contributed by atoms with Crippen molar-refractivity contribution >= 4 is 37.6 Å². The van der Waals surface area contributed by atoms with Gasteiger partial charge in [0.25, 0.3) is 0 Å². The van der Waals surface area contributed by atoms with Crippen molar-refractivity contribution in [1.29, 1.82) is 0 Å². The van der Waals surface area contributed by atoms with Crippen LogP contribution in [0.25, 0.3) is 21.8 Å². The quantitative estimate of drug-likeness (QED) is 0.619. The van der Waals surface area contributed by atoms with Gasteiger partial charge in [-0.2, -0.15) is 0 Å². The number of rotatable bonds is 4. The molecule has 1 aromatic heterocycles. The summed E-state index contributed by atoms with van der Waals surface area (Å²) in [6.07, 6.45) is 2.36. The molecule has 150 valence electrons. The Kier molecular flexibility index (Phi) is 4.24. The van der Waals surface area contributed by atoms with E-state index in [1.165, 1.54) is 0 Å². The maximum absolute atomic E-state index is 13.4. The van der Waals surface area contributed by atoms with Crippen molar-refractivity contribution in [2.45, 2.75) is 37.9 Å². The second-order valence-electron chi connectivity index (χ2n) is 8.04. The van der Waals surface area contributed by atoms with Crippen molar-refractivity contribution in [1.82, 2.24) is 9.47 Å². The molecule has 2 heterocycles. The van der Waals surface area contributed by atoms with Crippen molar-refractivity contribution in [2.75, 3.05) is 11.5 Å². The summed E-state index contributed by atoms with van der Waals surface area (Å²) in [6, 6.07) is 14.6. The van der Waals surface area contributed by atoms with Gasteiger partial charge in [0.15, 0.2) is 15.3 Å². The van der Waals surface area contributed by atoms with Crippen LogP contribution in [0.3, 0.4) is 0 Å². The number of fused-ring (bicyclic) bond motifs is 2. The normalized spacial score (nSPS) is 20.9. The summed E-state index contributed by atoms with van der Waals surface area (Å²) in [6.45, 7) is 0.0916. The highest BCUT2D eigenvalue weighted by Gasteiger charge is 2.42. The van der Waals surface area contributed by atoms with E-state index in [2.05, 4.69) is 0 Å². The van der Waals surface area contributed by atoms with Gasteiger partial charge in [-0.1, -0.05) is 24.3 Å². The van der Waals surface area contributed by atoms with Gasteiger partial charge < -0.3 is 9.47 Å². The molecule has 29 heavy (non-hydrogen) atoms. The molecule has 1 amide bonds. The van der Waals surface area contributed by atoms with E-state index in [1.807, 2.05) is 45.9 Å². The molecule has 0 bridgehead atoms. The topological polar surface area (TPSA) is 76.5 Å². The van der Waals surface area contributed by atoms with Gasteiger partial charge in [-0.3, -0.25) is 9.59 Å². The van der Waals surface area contributed by atoms with Gasteiger partial charge in [-0.05, 0) is 43.5 Å². The Morgan fingerprint density at radius 3 is 2.03 bits per heavy atom. The molecule has 1 unspecified atom stereocenters. The summed E-state index contributed by atoms with van der Waals surface area (Å²) in [7, 11) is -3.07. The Hall–Kier alpha value is -2.67. The fraction of sp³-hybridized carbons (Fsp3) is 0.364. The predicted octanol–water partition coefficient (Wildman–Crippen LogP) is 2.33. The molecule has 0 N–H and O–H groups in total. The molecule has 1 aliphatic carbocycles. The molecule has 5 rings (SSSR count). The number of carbonyl (C=O) groups is 1. The van der Waals surface area contributed by atoms with Crippen LogP contribution in [0.15, 0.2) is 53.3 Å². The Balaban J connectivity index is 1.59. The number of aromatic nitrogens is 1. The van der Waals surface area contributed by atoms with E-state index in [9.17, 15) is 18.0 Å². The Labute approximate surface area is 168 Å². The SMILES string of the molecule is O=C(Cn1c2ccccc2c(=O)c2ccccc21)N(C1CC1)C1CCS(=O)(=O)C1. The van der Waals surface area contributed by atoms with E-state index < -0.39 is 9.84 Å². The number of pyridine rings is 1. The molecule has 3 aromatic rings. The lowest BCUT2D eigenvalue weighted by Gasteiger charge is -2.29.